The van der Waals surface area contributed by atoms with Crippen LogP contribution in [-0.2, 0) is 4.74 Å². The summed E-state index contributed by atoms with van der Waals surface area (Å²) < 4.78 is 3.86. The molecule has 0 saturated heterocycles. The zero-order valence-electron chi connectivity index (χ0n) is 3.63. The highest BCUT2D eigenvalue weighted by atomic mass is 16.7. The van der Waals surface area contributed by atoms with Gasteiger partial charge in [-0.25, -0.2) is 4.79 Å². The van der Waals surface area contributed by atoms with E-state index in [-0.39, 0.29) is 28.1 Å². The van der Waals surface area contributed by atoms with Crippen LogP contribution in [0.15, 0.2) is 0 Å². The van der Waals surface area contributed by atoms with Crippen molar-refractivity contribution in [1.82, 2.24) is 0 Å². The Morgan fingerprint density at radius 3 is 2.00 bits per heavy atom. The van der Waals surface area contributed by atoms with Crippen molar-refractivity contribution < 1.29 is 19.7 Å². The van der Waals surface area contributed by atoms with Crippen LogP contribution < -0.4 is 0 Å². The lowest BCUT2D eigenvalue weighted by Gasteiger charge is -1.91. The molecule has 0 fully saturated rings. The van der Waals surface area contributed by atoms with Crippen molar-refractivity contribution in [1.29, 1.82) is 0 Å². The zero-order chi connectivity index (χ0) is 5.70. The van der Waals surface area contributed by atoms with Crippen LogP contribution in [0.1, 0.15) is 14.9 Å². The molecule has 58 valence electrons. The lowest BCUT2D eigenvalue weighted by Crippen LogP contribution is -2.04. The van der Waals surface area contributed by atoms with Crippen molar-refractivity contribution in [3.63, 3.8) is 0 Å². The first-order valence-corrected chi connectivity index (χ1v) is 1.74. The summed E-state index contributed by atoms with van der Waals surface area (Å²) in [6.07, 6.45) is -1.35. The molecule has 0 aromatic carbocycles. The molecule has 0 atom stereocenters. The minimum Gasteiger partial charge on any atom is -0.450 e. The summed E-state index contributed by atoms with van der Waals surface area (Å²) in [6.45, 7) is -0.401. The van der Waals surface area contributed by atoms with E-state index in [0.717, 1.165) is 0 Å². The van der Waals surface area contributed by atoms with E-state index < -0.39 is 6.16 Å². The Hall–Kier alpha value is -0.770. The molecule has 0 bridgehead atoms. The molecule has 2 N–H and O–H groups in total. The van der Waals surface area contributed by atoms with Crippen LogP contribution in [-0.4, -0.2) is 29.6 Å². The van der Waals surface area contributed by atoms with Gasteiger partial charge in [0.1, 0.15) is 6.61 Å². The van der Waals surface area contributed by atoms with E-state index in [0.29, 0.717) is 0 Å². The van der Waals surface area contributed by atoms with Crippen LogP contribution in [0.5, 0.6) is 0 Å². The molecule has 0 aromatic rings. The minimum absolute atomic E-state index is 0. The fourth-order valence-corrected chi connectivity index (χ4v) is 0.133. The SMILES string of the molecule is C.C.O=C(O)OCCO. The largest absolute Gasteiger partial charge is 0.505 e. The lowest BCUT2D eigenvalue weighted by molar-refractivity contribution is 0.0743. The average molecular weight is 138 g/mol. The fraction of sp³-hybridized carbons (Fsp3) is 0.800. The van der Waals surface area contributed by atoms with E-state index in [2.05, 4.69) is 4.74 Å². The van der Waals surface area contributed by atoms with Crippen molar-refractivity contribution in [3.05, 3.63) is 0 Å². The average Bonchev–Trinajstić information content (AvgIpc) is 1.61. The van der Waals surface area contributed by atoms with Gasteiger partial charge in [-0.3, -0.25) is 0 Å². The second-order valence-electron chi connectivity index (χ2n) is 0.838. The minimum atomic E-state index is -1.35. The summed E-state index contributed by atoms with van der Waals surface area (Å²) in [5.74, 6) is 0. The topological polar surface area (TPSA) is 66.8 Å². The highest BCUT2D eigenvalue weighted by molar-refractivity contribution is 5.56. The Bertz CT molecular complexity index is 62.0. The van der Waals surface area contributed by atoms with Crippen molar-refractivity contribution >= 4 is 6.16 Å². The van der Waals surface area contributed by atoms with Gasteiger partial charge in [-0.1, -0.05) is 14.9 Å². The summed E-state index contributed by atoms with van der Waals surface area (Å²) in [6, 6.07) is 0. The Balaban J connectivity index is -0.000000180. The first-order chi connectivity index (χ1) is 3.27. The van der Waals surface area contributed by atoms with Gasteiger partial charge in [0.05, 0.1) is 6.61 Å². The van der Waals surface area contributed by atoms with E-state index in [1.54, 1.807) is 0 Å². The summed E-state index contributed by atoms with van der Waals surface area (Å²) in [5.41, 5.74) is 0. The highest BCUT2D eigenvalue weighted by Gasteiger charge is 1.90. The van der Waals surface area contributed by atoms with E-state index in [1.807, 2.05) is 0 Å². The molecule has 0 unspecified atom stereocenters. The molecule has 0 aliphatic heterocycles. The van der Waals surface area contributed by atoms with Gasteiger partial charge in [-0.2, -0.15) is 0 Å². The number of hydrogen-bond acceptors (Lipinski definition) is 3. The fourth-order valence-electron chi connectivity index (χ4n) is 0.133. The van der Waals surface area contributed by atoms with Crippen molar-refractivity contribution in [2.45, 2.75) is 14.9 Å². The Morgan fingerprint density at radius 2 is 1.89 bits per heavy atom. The van der Waals surface area contributed by atoms with Crippen molar-refractivity contribution in [2.75, 3.05) is 13.2 Å². The van der Waals surface area contributed by atoms with Crippen molar-refractivity contribution in [2.24, 2.45) is 0 Å². The summed E-state index contributed by atoms with van der Waals surface area (Å²) in [4.78, 5) is 9.42. The molecule has 9 heavy (non-hydrogen) atoms. The Labute approximate surface area is 55.1 Å². The normalized spacial score (nSPS) is 6.33. The molecule has 0 heterocycles. The maximum absolute atomic E-state index is 9.42. The predicted molar refractivity (Wildman–Crippen MR) is 34.5 cm³/mol. The Kier molecular flexibility index (Phi) is 17.9. The number of carboxylic acid groups (broad SMARTS) is 1. The van der Waals surface area contributed by atoms with Crippen LogP contribution in [0.2, 0.25) is 0 Å². The lowest BCUT2D eigenvalue weighted by atomic mass is 10.8. The maximum Gasteiger partial charge on any atom is 0.505 e. The van der Waals surface area contributed by atoms with Gasteiger partial charge in [-0.05, 0) is 0 Å². The highest BCUT2D eigenvalue weighted by Crippen LogP contribution is 1.71. The third-order valence-corrected chi connectivity index (χ3v) is 0.317. The second-order valence-corrected chi connectivity index (χ2v) is 0.838. The van der Waals surface area contributed by atoms with Crippen LogP contribution >= 0.6 is 0 Å². The predicted octanol–water partition coefficient (Wildman–Crippen LogP) is 0.946. The summed E-state index contributed by atoms with van der Waals surface area (Å²) in [5, 5.41) is 15.6. The van der Waals surface area contributed by atoms with Gasteiger partial charge in [0.15, 0.2) is 0 Å². The van der Waals surface area contributed by atoms with Crippen LogP contribution in [0, 0.1) is 0 Å². The van der Waals surface area contributed by atoms with E-state index in [4.69, 9.17) is 10.2 Å². The number of aliphatic hydroxyl groups excluding tert-OH is 1. The molecule has 0 amide bonds. The van der Waals surface area contributed by atoms with Crippen LogP contribution in [0.4, 0.5) is 4.79 Å². The molecular weight excluding hydrogens is 124 g/mol. The molecule has 0 spiro atoms. The van der Waals surface area contributed by atoms with Gasteiger partial charge >= 0.3 is 6.16 Å². The van der Waals surface area contributed by atoms with Crippen LogP contribution in [0.3, 0.4) is 0 Å². The standard InChI is InChI=1S/C3H6O4.2CH4/c4-1-2-7-3(5)6;;/h4H,1-2H2,(H,5,6);2*1H4. The number of carbonyl (C=O) groups is 1. The molecular formula is C5H14O4. The van der Waals surface area contributed by atoms with Crippen molar-refractivity contribution in [3.8, 4) is 0 Å². The molecule has 0 aliphatic carbocycles. The van der Waals surface area contributed by atoms with Gasteiger partial charge in [0.25, 0.3) is 0 Å². The van der Waals surface area contributed by atoms with E-state index >= 15 is 0 Å². The first-order valence-electron chi connectivity index (χ1n) is 1.74. The molecule has 0 radical (unpaired) electrons. The molecule has 0 aliphatic rings. The first kappa shape index (κ1) is 15.7. The zero-order valence-corrected chi connectivity index (χ0v) is 3.63. The quantitative estimate of drug-likeness (QED) is 0.557. The third kappa shape index (κ3) is 19.0. The Morgan fingerprint density at radius 1 is 1.44 bits per heavy atom. The summed E-state index contributed by atoms with van der Waals surface area (Å²) in [7, 11) is 0. The van der Waals surface area contributed by atoms with Gasteiger partial charge in [0.2, 0.25) is 0 Å². The maximum atomic E-state index is 9.42. The number of rotatable bonds is 2. The number of hydrogen-bond donors (Lipinski definition) is 2. The smallest absolute Gasteiger partial charge is 0.450 e. The van der Waals surface area contributed by atoms with E-state index in [9.17, 15) is 4.79 Å². The number of aliphatic hydroxyl groups is 1. The second kappa shape index (κ2) is 10.3. The van der Waals surface area contributed by atoms with E-state index in [1.165, 1.54) is 0 Å². The van der Waals surface area contributed by atoms with Crippen LogP contribution in [0.25, 0.3) is 0 Å². The molecule has 0 aromatic heterocycles. The summed E-state index contributed by atoms with van der Waals surface area (Å²) >= 11 is 0. The monoisotopic (exact) mass is 138 g/mol. The van der Waals surface area contributed by atoms with Gasteiger partial charge in [0, 0.05) is 0 Å². The van der Waals surface area contributed by atoms with Gasteiger partial charge < -0.3 is 14.9 Å². The molecule has 0 saturated carbocycles. The third-order valence-electron chi connectivity index (χ3n) is 0.317. The molecule has 4 nitrogen and oxygen atoms in total. The molecule has 0 rings (SSSR count). The number of ether oxygens (including phenoxy) is 1. The molecule has 4 heteroatoms. The van der Waals surface area contributed by atoms with Gasteiger partial charge in [-0.15, -0.1) is 0 Å².